The maximum Gasteiger partial charge on any atom is 0.153 e. The van der Waals surface area contributed by atoms with Crippen molar-refractivity contribution in [1.82, 2.24) is 14.8 Å². The molecule has 0 bridgehead atoms. The summed E-state index contributed by atoms with van der Waals surface area (Å²) in [7, 11) is 1.92. The Kier molecular flexibility index (Phi) is 1.64. The van der Waals surface area contributed by atoms with Crippen LogP contribution in [0.5, 0.6) is 0 Å². The zero-order valence-corrected chi connectivity index (χ0v) is 6.82. The van der Waals surface area contributed by atoms with Gasteiger partial charge in [0.1, 0.15) is 6.33 Å². The summed E-state index contributed by atoms with van der Waals surface area (Å²) >= 11 is 0. The molecule has 1 fully saturated rings. The Morgan fingerprint density at radius 1 is 1.45 bits per heavy atom. The van der Waals surface area contributed by atoms with Gasteiger partial charge in [-0.25, -0.2) is 4.98 Å². The number of hydrogen-bond acceptors (Lipinski definition) is 2. The second kappa shape index (κ2) is 2.64. The average Bonchev–Trinajstić information content (AvgIpc) is 2.55. The van der Waals surface area contributed by atoms with Crippen LogP contribution < -0.4 is 0 Å². The summed E-state index contributed by atoms with van der Waals surface area (Å²) in [6, 6.07) is 0. The standard InChI is InChI=1S/C8H13N3/c1-11-6-9-8(10-11)7-4-2-3-5-7/h6-7H,2-5H2,1H3. The normalized spacial score (nSPS) is 19.4. The topological polar surface area (TPSA) is 30.7 Å². The van der Waals surface area contributed by atoms with E-state index in [9.17, 15) is 0 Å². The smallest absolute Gasteiger partial charge is 0.153 e. The van der Waals surface area contributed by atoms with Gasteiger partial charge in [-0.05, 0) is 12.8 Å². The quantitative estimate of drug-likeness (QED) is 0.608. The Morgan fingerprint density at radius 2 is 2.18 bits per heavy atom. The number of rotatable bonds is 1. The first-order chi connectivity index (χ1) is 5.36. The van der Waals surface area contributed by atoms with Gasteiger partial charge in [-0.15, -0.1) is 0 Å². The largest absolute Gasteiger partial charge is 0.256 e. The van der Waals surface area contributed by atoms with Gasteiger partial charge < -0.3 is 0 Å². The van der Waals surface area contributed by atoms with E-state index in [1.165, 1.54) is 25.7 Å². The molecule has 1 aromatic heterocycles. The van der Waals surface area contributed by atoms with Crippen LogP contribution >= 0.6 is 0 Å². The van der Waals surface area contributed by atoms with Gasteiger partial charge >= 0.3 is 0 Å². The van der Waals surface area contributed by atoms with Crippen LogP contribution in [-0.2, 0) is 7.05 Å². The summed E-state index contributed by atoms with van der Waals surface area (Å²) in [6.45, 7) is 0. The van der Waals surface area contributed by atoms with E-state index in [2.05, 4.69) is 10.1 Å². The average molecular weight is 151 g/mol. The summed E-state index contributed by atoms with van der Waals surface area (Å²) in [5.74, 6) is 1.70. The molecule has 0 amide bonds. The molecular weight excluding hydrogens is 138 g/mol. The van der Waals surface area contributed by atoms with Crippen molar-refractivity contribution in [3.8, 4) is 0 Å². The van der Waals surface area contributed by atoms with Crippen LogP contribution in [0.25, 0.3) is 0 Å². The van der Waals surface area contributed by atoms with Crippen LogP contribution in [0.2, 0.25) is 0 Å². The predicted octanol–water partition coefficient (Wildman–Crippen LogP) is 1.47. The highest BCUT2D eigenvalue weighted by Crippen LogP contribution is 2.31. The van der Waals surface area contributed by atoms with Crippen molar-refractivity contribution in [2.45, 2.75) is 31.6 Å². The Morgan fingerprint density at radius 3 is 2.73 bits per heavy atom. The minimum absolute atomic E-state index is 0.649. The number of hydrogen-bond donors (Lipinski definition) is 0. The summed E-state index contributed by atoms with van der Waals surface area (Å²) < 4.78 is 1.79. The highest BCUT2D eigenvalue weighted by Gasteiger charge is 2.19. The molecule has 0 spiro atoms. The predicted molar refractivity (Wildman–Crippen MR) is 42.2 cm³/mol. The van der Waals surface area contributed by atoms with Crippen molar-refractivity contribution in [2.75, 3.05) is 0 Å². The minimum atomic E-state index is 0.649. The molecule has 60 valence electrons. The monoisotopic (exact) mass is 151 g/mol. The van der Waals surface area contributed by atoms with Gasteiger partial charge in [-0.1, -0.05) is 12.8 Å². The highest BCUT2D eigenvalue weighted by atomic mass is 15.3. The third-order valence-electron chi connectivity index (χ3n) is 2.34. The van der Waals surface area contributed by atoms with E-state index in [0.29, 0.717) is 5.92 Å². The SMILES string of the molecule is Cn1cnc(C2CCCC2)n1. The zero-order valence-electron chi connectivity index (χ0n) is 6.82. The molecule has 3 nitrogen and oxygen atoms in total. The van der Waals surface area contributed by atoms with Crippen molar-refractivity contribution >= 4 is 0 Å². The molecule has 0 N–H and O–H groups in total. The van der Waals surface area contributed by atoms with Crippen molar-refractivity contribution in [3.63, 3.8) is 0 Å². The second-order valence-electron chi connectivity index (χ2n) is 3.26. The maximum atomic E-state index is 4.30. The van der Waals surface area contributed by atoms with Crippen LogP contribution in [0, 0.1) is 0 Å². The molecule has 0 aromatic carbocycles. The van der Waals surface area contributed by atoms with E-state index in [1.54, 1.807) is 11.0 Å². The molecule has 1 heterocycles. The Hall–Kier alpha value is -0.860. The maximum absolute atomic E-state index is 4.30. The highest BCUT2D eigenvalue weighted by molar-refractivity contribution is 4.95. The molecule has 1 aliphatic carbocycles. The Balaban J connectivity index is 2.15. The number of nitrogens with zero attached hydrogens (tertiary/aromatic N) is 3. The van der Waals surface area contributed by atoms with Crippen molar-refractivity contribution in [1.29, 1.82) is 0 Å². The van der Waals surface area contributed by atoms with Gasteiger partial charge in [0, 0.05) is 13.0 Å². The summed E-state index contributed by atoms with van der Waals surface area (Å²) in [5, 5.41) is 4.30. The van der Waals surface area contributed by atoms with Crippen LogP contribution in [0.1, 0.15) is 37.4 Å². The van der Waals surface area contributed by atoms with Gasteiger partial charge in [0.05, 0.1) is 0 Å². The Bertz CT molecular complexity index is 235. The van der Waals surface area contributed by atoms with E-state index in [-0.39, 0.29) is 0 Å². The van der Waals surface area contributed by atoms with E-state index in [4.69, 9.17) is 0 Å². The summed E-state index contributed by atoms with van der Waals surface area (Å²) in [4.78, 5) is 4.25. The lowest BCUT2D eigenvalue weighted by Gasteiger charge is -2.00. The molecule has 1 aromatic rings. The minimum Gasteiger partial charge on any atom is -0.256 e. The molecule has 11 heavy (non-hydrogen) atoms. The van der Waals surface area contributed by atoms with Crippen molar-refractivity contribution in [2.24, 2.45) is 7.05 Å². The fourth-order valence-electron chi connectivity index (χ4n) is 1.73. The first-order valence-electron chi connectivity index (χ1n) is 4.22. The molecule has 1 saturated carbocycles. The van der Waals surface area contributed by atoms with Crippen molar-refractivity contribution in [3.05, 3.63) is 12.2 Å². The fraction of sp³-hybridized carbons (Fsp3) is 0.750. The first-order valence-corrected chi connectivity index (χ1v) is 4.22. The third kappa shape index (κ3) is 1.27. The summed E-state index contributed by atoms with van der Waals surface area (Å²) in [6.07, 6.45) is 7.05. The van der Waals surface area contributed by atoms with E-state index >= 15 is 0 Å². The molecule has 1 aliphatic rings. The van der Waals surface area contributed by atoms with Gasteiger partial charge in [-0.3, -0.25) is 4.68 Å². The zero-order chi connectivity index (χ0) is 7.68. The third-order valence-corrected chi connectivity index (χ3v) is 2.34. The van der Waals surface area contributed by atoms with E-state index < -0.39 is 0 Å². The van der Waals surface area contributed by atoms with Crippen LogP contribution in [0.15, 0.2) is 6.33 Å². The van der Waals surface area contributed by atoms with Gasteiger partial charge in [-0.2, -0.15) is 5.10 Å². The molecular formula is C8H13N3. The number of aromatic nitrogens is 3. The molecule has 2 rings (SSSR count). The van der Waals surface area contributed by atoms with Crippen molar-refractivity contribution < 1.29 is 0 Å². The lowest BCUT2D eigenvalue weighted by molar-refractivity contribution is 0.647. The molecule has 3 heteroatoms. The lowest BCUT2D eigenvalue weighted by Crippen LogP contribution is -1.96. The first kappa shape index (κ1) is 6.83. The molecule has 0 unspecified atom stereocenters. The second-order valence-corrected chi connectivity index (χ2v) is 3.26. The molecule has 0 atom stereocenters. The van der Waals surface area contributed by atoms with E-state index in [1.807, 2.05) is 7.05 Å². The van der Waals surface area contributed by atoms with Crippen LogP contribution in [0.4, 0.5) is 0 Å². The number of aryl methyl sites for hydroxylation is 1. The van der Waals surface area contributed by atoms with Gasteiger partial charge in [0.2, 0.25) is 0 Å². The van der Waals surface area contributed by atoms with Gasteiger partial charge in [0.25, 0.3) is 0 Å². The Labute approximate surface area is 66.4 Å². The van der Waals surface area contributed by atoms with Crippen LogP contribution in [0.3, 0.4) is 0 Å². The molecule has 0 saturated heterocycles. The molecule has 0 radical (unpaired) electrons. The van der Waals surface area contributed by atoms with Crippen LogP contribution in [-0.4, -0.2) is 14.8 Å². The summed E-state index contributed by atoms with van der Waals surface area (Å²) in [5.41, 5.74) is 0. The molecule has 0 aliphatic heterocycles. The lowest BCUT2D eigenvalue weighted by atomic mass is 10.1. The van der Waals surface area contributed by atoms with Gasteiger partial charge in [0.15, 0.2) is 5.82 Å². The fourth-order valence-corrected chi connectivity index (χ4v) is 1.73. The van der Waals surface area contributed by atoms with E-state index in [0.717, 1.165) is 5.82 Å².